The van der Waals surface area contributed by atoms with Crippen molar-refractivity contribution in [2.24, 2.45) is 0 Å². The van der Waals surface area contributed by atoms with Crippen LogP contribution in [0.25, 0.3) is 140 Å². The number of rotatable bonds is 2. The Morgan fingerprint density at radius 3 is 0.794 bits per heavy atom. The average Bonchev–Trinajstić information content (AvgIpc) is 4.25. The number of ether oxygens (including phenoxy) is 2. The Hall–Kier alpha value is -7.94. The molecule has 0 aromatic heterocycles. The van der Waals surface area contributed by atoms with Crippen LogP contribution in [0.1, 0.15) is 81.0 Å². The van der Waals surface area contributed by atoms with E-state index in [1.54, 1.807) is 0 Å². The van der Waals surface area contributed by atoms with E-state index in [2.05, 4.69) is 133 Å². The van der Waals surface area contributed by atoms with Gasteiger partial charge in [-0.05, 0) is 212 Å². The Morgan fingerprint density at radius 1 is 0.265 bits per heavy atom. The first-order chi connectivity index (χ1) is 33.6. The van der Waals surface area contributed by atoms with E-state index >= 15 is 0 Å². The van der Waals surface area contributed by atoms with Crippen molar-refractivity contribution in [2.45, 2.75) is 36.5 Å². The minimum Gasteiger partial charge on any atom is -0.496 e. The van der Waals surface area contributed by atoms with Crippen molar-refractivity contribution >= 4 is 140 Å². The van der Waals surface area contributed by atoms with Gasteiger partial charge in [-0.3, -0.25) is 0 Å². The van der Waals surface area contributed by atoms with Crippen molar-refractivity contribution in [1.82, 2.24) is 0 Å². The molecule has 16 aromatic rings. The van der Waals surface area contributed by atoms with Gasteiger partial charge in [0.1, 0.15) is 11.5 Å². The summed E-state index contributed by atoms with van der Waals surface area (Å²) in [5.74, 6) is 3.29. The molecule has 4 aliphatic carbocycles. The molecular formula is C66H36O2. The Labute approximate surface area is 387 Å². The summed E-state index contributed by atoms with van der Waals surface area (Å²) in [7, 11) is 3.81. The molecule has 0 fully saturated rings. The second kappa shape index (κ2) is 10.4. The highest BCUT2D eigenvalue weighted by atomic mass is 16.5. The highest BCUT2D eigenvalue weighted by Gasteiger charge is 2.48. The molecule has 2 nitrogen and oxygen atoms in total. The zero-order valence-electron chi connectivity index (χ0n) is 37.2. The number of benzene rings is 14. The molecule has 0 radical (unpaired) electrons. The summed E-state index contributed by atoms with van der Waals surface area (Å²) in [4.78, 5) is 0. The summed E-state index contributed by atoms with van der Waals surface area (Å²) in [6, 6.07) is 53.1. The predicted molar refractivity (Wildman–Crippen MR) is 284 cm³/mol. The van der Waals surface area contributed by atoms with Crippen molar-refractivity contribution in [3.63, 3.8) is 0 Å². The molecule has 0 spiro atoms. The largest absolute Gasteiger partial charge is 0.496 e. The van der Waals surface area contributed by atoms with Crippen LogP contribution in [0.3, 0.4) is 0 Å². The molecule has 0 unspecified atom stereocenters. The van der Waals surface area contributed by atoms with Gasteiger partial charge in [0.15, 0.2) is 0 Å². The molecule has 16 aromatic carbocycles. The number of hydrogen-bond donors (Lipinski definition) is 0. The zero-order chi connectivity index (χ0) is 43.5. The van der Waals surface area contributed by atoms with Crippen LogP contribution in [0, 0.1) is 0 Å². The van der Waals surface area contributed by atoms with Gasteiger partial charge in [0, 0.05) is 45.6 Å². The van der Waals surface area contributed by atoms with Gasteiger partial charge in [-0.2, -0.15) is 0 Å². The van der Waals surface area contributed by atoms with Crippen molar-refractivity contribution in [3.8, 4) is 11.5 Å². The third-order valence-electron chi connectivity index (χ3n) is 19.2. The molecule has 0 amide bonds. The molecule has 4 atom stereocenters. The maximum atomic E-state index is 6.69. The van der Waals surface area contributed by atoms with Crippen LogP contribution in [-0.4, -0.2) is 14.2 Å². The summed E-state index contributed by atoms with van der Waals surface area (Å²) in [6.07, 6.45) is 2.18. The van der Waals surface area contributed by atoms with Crippen LogP contribution in [0.4, 0.5) is 0 Å². The van der Waals surface area contributed by atoms with E-state index in [0.29, 0.717) is 11.8 Å². The first kappa shape index (κ1) is 33.5. The van der Waals surface area contributed by atoms with E-state index in [1.807, 2.05) is 14.2 Å². The van der Waals surface area contributed by atoms with Gasteiger partial charge in [0.2, 0.25) is 0 Å². The summed E-state index contributed by atoms with van der Waals surface area (Å²) in [5, 5.41) is 36.0. The first-order valence-corrected chi connectivity index (χ1v) is 24.7. The standard InChI is InChI=1S/C66H36O2/c1-67-65-51-24-45-43-23-44(42-20-38-34-16-12-30-8-4-27-3-7-29-11-15-33(37(38)19-41(42)43)59-55(29)53(27)56(30)60(34)59)46(45)25-52(51)66(68-2)64-50-26-49(63(64)65)47-21-39-35-17-13-31-9-5-28-6-10-32-14-18-36(40(39)22-48(47)50)62-58(32)54(28)57(31)61(35)62/h3-22,24-25,43-44,49-50H,23,26H2,1-2H3/t43-,44+,49+,50-. The lowest BCUT2D eigenvalue weighted by Gasteiger charge is -2.28. The van der Waals surface area contributed by atoms with Crippen LogP contribution in [-0.2, 0) is 0 Å². The second-order valence-corrected chi connectivity index (χ2v) is 21.5. The highest BCUT2D eigenvalue weighted by molar-refractivity contribution is 6.49. The maximum Gasteiger partial charge on any atom is 0.131 e. The van der Waals surface area contributed by atoms with Gasteiger partial charge in [-0.15, -0.1) is 0 Å². The predicted octanol–water partition coefficient (Wildman–Crippen LogP) is 17.3. The fourth-order valence-electron chi connectivity index (χ4n) is 16.8. The normalized spacial score (nSPS) is 19.5. The third kappa shape index (κ3) is 3.28. The van der Waals surface area contributed by atoms with Crippen molar-refractivity contribution < 1.29 is 9.47 Å². The highest BCUT2D eigenvalue weighted by Crippen LogP contribution is 2.66. The Bertz CT molecular complexity index is 4770. The van der Waals surface area contributed by atoms with Gasteiger partial charge in [0.25, 0.3) is 0 Å². The van der Waals surface area contributed by atoms with Crippen LogP contribution < -0.4 is 9.47 Å². The van der Waals surface area contributed by atoms with Crippen molar-refractivity contribution in [2.75, 3.05) is 14.2 Å². The Morgan fingerprint density at radius 2 is 0.500 bits per heavy atom. The lowest BCUT2D eigenvalue weighted by molar-refractivity contribution is 0.403. The fraction of sp³-hybridized carbons (Fsp3) is 0.121. The first-order valence-electron chi connectivity index (χ1n) is 24.7. The van der Waals surface area contributed by atoms with Crippen LogP contribution in [0.15, 0.2) is 133 Å². The van der Waals surface area contributed by atoms with E-state index < -0.39 is 0 Å². The van der Waals surface area contributed by atoms with Crippen LogP contribution >= 0.6 is 0 Å². The van der Waals surface area contributed by atoms with Gasteiger partial charge in [-0.25, -0.2) is 0 Å². The molecule has 0 aliphatic heterocycles. The minimum atomic E-state index is 0.248. The summed E-state index contributed by atoms with van der Waals surface area (Å²) in [5.41, 5.74) is 11.6. The molecule has 0 saturated heterocycles. The zero-order valence-corrected chi connectivity index (χ0v) is 37.2. The van der Waals surface area contributed by atoms with Gasteiger partial charge in [-0.1, -0.05) is 97.1 Å². The van der Waals surface area contributed by atoms with E-state index in [-0.39, 0.29) is 11.8 Å². The lowest BCUT2D eigenvalue weighted by Crippen LogP contribution is -2.10. The fourth-order valence-corrected chi connectivity index (χ4v) is 16.8. The summed E-state index contributed by atoms with van der Waals surface area (Å²) < 4.78 is 13.4. The average molecular weight is 861 g/mol. The molecule has 4 aliphatic rings. The van der Waals surface area contributed by atoms with E-state index in [9.17, 15) is 0 Å². The molecular weight excluding hydrogens is 825 g/mol. The van der Waals surface area contributed by atoms with Gasteiger partial charge < -0.3 is 9.47 Å². The molecule has 4 bridgehead atoms. The number of fused-ring (bicyclic) bond motifs is 23. The summed E-state index contributed by atoms with van der Waals surface area (Å²) in [6.45, 7) is 0. The van der Waals surface area contributed by atoms with Crippen molar-refractivity contribution in [3.05, 3.63) is 178 Å². The molecule has 0 N–H and O–H groups in total. The topological polar surface area (TPSA) is 18.5 Å². The summed E-state index contributed by atoms with van der Waals surface area (Å²) >= 11 is 0. The van der Waals surface area contributed by atoms with E-state index in [0.717, 1.165) is 24.3 Å². The molecule has 312 valence electrons. The monoisotopic (exact) mass is 860 g/mol. The van der Waals surface area contributed by atoms with Crippen molar-refractivity contribution in [1.29, 1.82) is 0 Å². The second-order valence-electron chi connectivity index (χ2n) is 21.5. The molecule has 0 heterocycles. The SMILES string of the molecule is COc1c2c(c(OC)c3cc4c(cc13)[C@H]1C[C@@H]4c3cc4c(cc31)c1ccc3ccc5ccc6ccc4c4c6c5c3c14)[C@H]1C[C@@H]2c2cc3c(cc21)c1ccc2ccc4ccc5ccc3c3c5c4c2c13. The Kier molecular flexibility index (Phi) is 5.15. The maximum absolute atomic E-state index is 6.69. The van der Waals surface area contributed by atoms with Gasteiger partial charge >= 0.3 is 0 Å². The van der Waals surface area contributed by atoms with Crippen LogP contribution in [0.2, 0.25) is 0 Å². The smallest absolute Gasteiger partial charge is 0.131 e. The molecule has 68 heavy (non-hydrogen) atoms. The lowest BCUT2D eigenvalue weighted by atomic mass is 9.78. The van der Waals surface area contributed by atoms with Crippen LogP contribution in [0.5, 0.6) is 11.5 Å². The minimum absolute atomic E-state index is 0.248. The Balaban J connectivity index is 0.809. The number of methoxy groups -OCH3 is 2. The quantitative estimate of drug-likeness (QED) is 0.161. The van der Waals surface area contributed by atoms with E-state index in [4.69, 9.17) is 9.47 Å². The van der Waals surface area contributed by atoms with E-state index in [1.165, 1.54) is 185 Å². The molecule has 20 rings (SSSR count). The molecule has 2 heteroatoms. The number of hydrogen-bond acceptors (Lipinski definition) is 2. The third-order valence-corrected chi connectivity index (χ3v) is 19.2. The molecule has 0 saturated carbocycles. The van der Waals surface area contributed by atoms with Gasteiger partial charge in [0.05, 0.1) is 14.2 Å².